The second-order valence-electron chi connectivity index (χ2n) is 4.74. The molecule has 0 saturated carbocycles. The molecule has 1 amide bonds. The van der Waals surface area contributed by atoms with E-state index in [4.69, 9.17) is 10.5 Å². The van der Waals surface area contributed by atoms with E-state index in [0.717, 1.165) is 17.1 Å². The minimum atomic E-state index is -0.123. The topological polar surface area (TPSA) is 76.4 Å². The van der Waals surface area contributed by atoms with Gasteiger partial charge in [0.25, 0.3) is 5.91 Å². The van der Waals surface area contributed by atoms with Crippen LogP contribution in [0.3, 0.4) is 0 Å². The summed E-state index contributed by atoms with van der Waals surface area (Å²) in [4.78, 5) is 11.8. The van der Waals surface area contributed by atoms with E-state index in [1.54, 1.807) is 18.2 Å². The molecule has 0 fully saturated rings. The number of nitrogens with one attached hydrogen (secondary N) is 2. The first-order valence-electron chi connectivity index (χ1n) is 7.31. The lowest BCUT2D eigenvalue weighted by Gasteiger charge is -2.11. The van der Waals surface area contributed by atoms with Gasteiger partial charge in [-0.2, -0.15) is 0 Å². The summed E-state index contributed by atoms with van der Waals surface area (Å²) < 4.78 is 5.40. The van der Waals surface area contributed by atoms with Gasteiger partial charge in [0.1, 0.15) is 5.75 Å². The summed E-state index contributed by atoms with van der Waals surface area (Å²) in [6.45, 7) is 5.05. The predicted molar refractivity (Wildman–Crippen MR) is 89.8 cm³/mol. The molecule has 2 aromatic rings. The van der Waals surface area contributed by atoms with Crippen LogP contribution in [0.2, 0.25) is 0 Å². The monoisotopic (exact) mass is 299 g/mol. The van der Waals surface area contributed by atoms with E-state index in [9.17, 15) is 4.79 Å². The minimum absolute atomic E-state index is 0.123. The van der Waals surface area contributed by atoms with Crippen molar-refractivity contribution in [2.45, 2.75) is 13.8 Å². The number of amides is 1. The molecule has 0 radical (unpaired) electrons. The molecular formula is C17H21N3O2. The Hall–Kier alpha value is -2.69. The Kier molecular flexibility index (Phi) is 5.25. The smallest absolute Gasteiger partial charge is 0.251 e. The first-order chi connectivity index (χ1) is 10.6. The number of nitrogen functional groups attached to an aromatic ring is 1. The van der Waals surface area contributed by atoms with E-state index in [1.807, 2.05) is 38.1 Å². The van der Waals surface area contributed by atoms with Crippen LogP contribution < -0.4 is 21.1 Å². The summed E-state index contributed by atoms with van der Waals surface area (Å²) in [6, 6.07) is 12.8. The van der Waals surface area contributed by atoms with Gasteiger partial charge in [-0.15, -0.1) is 0 Å². The third-order valence-electron chi connectivity index (χ3n) is 3.10. The number of hydrogen-bond acceptors (Lipinski definition) is 4. The Morgan fingerprint density at radius 3 is 2.45 bits per heavy atom. The molecule has 0 atom stereocenters. The highest BCUT2D eigenvalue weighted by molar-refractivity contribution is 5.96. The maximum atomic E-state index is 11.8. The van der Waals surface area contributed by atoms with E-state index in [2.05, 4.69) is 10.6 Å². The SMILES string of the molecule is CCNC(=O)c1ccc(Nc2ccc(OCC)cc2)c(N)c1. The fraction of sp³-hybridized carbons (Fsp3) is 0.235. The van der Waals surface area contributed by atoms with Crippen LogP contribution >= 0.6 is 0 Å². The molecular weight excluding hydrogens is 278 g/mol. The summed E-state index contributed by atoms with van der Waals surface area (Å²) in [5, 5.41) is 5.97. The van der Waals surface area contributed by atoms with E-state index in [0.29, 0.717) is 24.4 Å². The molecule has 5 nitrogen and oxygen atoms in total. The first kappa shape index (κ1) is 15.7. The fourth-order valence-electron chi connectivity index (χ4n) is 2.04. The van der Waals surface area contributed by atoms with Gasteiger partial charge < -0.3 is 21.1 Å². The quantitative estimate of drug-likeness (QED) is 0.716. The van der Waals surface area contributed by atoms with Crippen molar-refractivity contribution in [2.75, 3.05) is 24.2 Å². The molecule has 2 aromatic carbocycles. The zero-order valence-corrected chi connectivity index (χ0v) is 12.8. The molecule has 116 valence electrons. The lowest BCUT2D eigenvalue weighted by molar-refractivity contribution is 0.0956. The molecule has 0 heterocycles. The van der Waals surface area contributed by atoms with Crippen molar-refractivity contribution < 1.29 is 9.53 Å². The lowest BCUT2D eigenvalue weighted by atomic mass is 10.1. The number of nitrogens with two attached hydrogens (primary N) is 1. The van der Waals surface area contributed by atoms with Gasteiger partial charge >= 0.3 is 0 Å². The van der Waals surface area contributed by atoms with Crippen LogP contribution in [0.25, 0.3) is 0 Å². The number of ether oxygens (including phenoxy) is 1. The molecule has 0 bridgehead atoms. The van der Waals surface area contributed by atoms with Gasteiger partial charge in [0, 0.05) is 17.8 Å². The van der Waals surface area contributed by atoms with Crippen LogP contribution in [0.15, 0.2) is 42.5 Å². The number of hydrogen-bond donors (Lipinski definition) is 3. The highest BCUT2D eigenvalue weighted by Gasteiger charge is 2.07. The van der Waals surface area contributed by atoms with Gasteiger partial charge in [-0.1, -0.05) is 0 Å². The van der Waals surface area contributed by atoms with Crippen LogP contribution in [0.5, 0.6) is 5.75 Å². The van der Waals surface area contributed by atoms with Crippen molar-refractivity contribution in [2.24, 2.45) is 0 Å². The van der Waals surface area contributed by atoms with Crippen LogP contribution in [0, 0.1) is 0 Å². The zero-order chi connectivity index (χ0) is 15.9. The molecule has 0 unspecified atom stereocenters. The summed E-state index contributed by atoms with van der Waals surface area (Å²) in [7, 11) is 0. The van der Waals surface area contributed by atoms with E-state index in [1.165, 1.54) is 0 Å². The summed E-state index contributed by atoms with van der Waals surface area (Å²) in [5.41, 5.74) is 8.76. The average molecular weight is 299 g/mol. The van der Waals surface area contributed by atoms with Gasteiger partial charge in [0.15, 0.2) is 0 Å². The number of rotatable bonds is 6. The third kappa shape index (κ3) is 3.91. The standard InChI is InChI=1S/C17H21N3O2/c1-3-19-17(21)12-5-10-16(15(18)11-12)20-13-6-8-14(9-7-13)22-4-2/h5-11,20H,3-4,18H2,1-2H3,(H,19,21). The van der Waals surface area contributed by atoms with E-state index < -0.39 is 0 Å². The van der Waals surface area contributed by atoms with Crippen molar-refractivity contribution in [3.63, 3.8) is 0 Å². The molecule has 22 heavy (non-hydrogen) atoms. The second-order valence-corrected chi connectivity index (χ2v) is 4.74. The van der Waals surface area contributed by atoms with Gasteiger partial charge in [-0.3, -0.25) is 4.79 Å². The van der Waals surface area contributed by atoms with Crippen molar-refractivity contribution in [1.82, 2.24) is 5.32 Å². The Morgan fingerprint density at radius 1 is 1.14 bits per heavy atom. The molecule has 0 aliphatic heterocycles. The number of benzene rings is 2. The number of carbonyl (C=O) groups is 1. The lowest BCUT2D eigenvalue weighted by Crippen LogP contribution is -2.22. The molecule has 5 heteroatoms. The van der Waals surface area contributed by atoms with Gasteiger partial charge in [-0.25, -0.2) is 0 Å². The molecule has 0 aliphatic carbocycles. The Morgan fingerprint density at radius 2 is 1.86 bits per heavy atom. The summed E-state index contributed by atoms with van der Waals surface area (Å²) >= 11 is 0. The predicted octanol–water partition coefficient (Wildman–Crippen LogP) is 3.16. The number of anilines is 3. The Labute approximate surface area is 130 Å². The van der Waals surface area contributed by atoms with Crippen LogP contribution in [-0.4, -0.2) is 19.1 Å². The highest BCUT2D eigenvalue weighted by atomic mass is 16.5. The zero-order valence-electron chi connectivity index (χ0n) is 12.8. The molecule has 0 spiro atoms. The van der Waals surface area contributed by atoms with Crippen LogP contribution in [-0.2, 0) is 0 Å². The molecule has 4 N–H and O–H groups in total. The van der Waals surface area contributed by atoms with Crippen molar-refractivity contribution in [3.05, 3.63) is 48.0 Å². The van der Waals surface area contributed by atoms with Crippen molar-refractivity contribution >= 4 is 23.0 Å². The van der Waals surface area contributed by atoms with E-state index >= 15 is 0 Å². The molecule has 0 saturated heterocycles. The maximum absolute atomic E-state index is 11.8. The first-order valence-corrected chi connectivity index (χ1v) is 7.31. The molecule has 0 aromatic heterocycles. The van der Waals surface area contributed by atoms with Crippen LogP contribution in [0.4, 0.5) is 17.1 Å². The van der Waals surface area contributed by atoms with Gasteiger partial charge in [0.05, 0.1) is 18.0 Å². The van der Waals surface area contributed by atoms with Gasteiger partial charge in [-0.05, 0) is 56.3 Å². The average Bonchev–Trinajstić information content (AvgIpc) is 2.51. The normalized spacial score (nSPS) is 10.1. The van der Waals surface area contributed by atoms with E-state index in [-0.39, 0.29) is 5.91 Å². The fourth-order valence-corrected chi connectivity index (χ4v) is 2.04. The van der Waals surface area contributed by atoms with Gasteiger partial charge in [0.2, 0.25) is 0 Å². The van der Waals surface area contributed by atoms with Crippen molar-refractivity contribution in [1.29, 1.82) is 0 Å². The summed E-state index contributed by atoms with van der Waals surface area (Å²) in [6.07, 6.45) is 0. The largest absolute Gasteiger partial charge is 0.494 e. The van der Waals surface area contributed by atoms with Crippen LogP contribution in [0.1, 0.15) is 24.2 Å². The summed E-state index contributed by atoms with van der Waals surface area (Å²) in [5.74, 6) is 0.703. The molecule has 2 rings (SSSR count). The number of carbonyl (C=O) groups excluding carboxylic acids is 1. The highest BCUT2D eigenvalue weighted by Crippen LogP contribution is 2.25. The molecule has 0 aliphatic rings. The Bertz CT molecular complexity index is 639. The van der Waals surface area contributed by atoms with Crippen molar-refractivity contribution in [3.8, 4) is 5.75 Å². The minimum Gasteiger partial charge on any atom is -0.494 e. The Balaban J connectivity index is 2.11. The third-order valence-corrected chi connectivity index (χ3v) is 3.10. The second kappa shape index (κ2) is 7.36. The maximum Gasteiger partial charge on any atom is 0.251 e.